The lowest BCUT2D eigenvalue weighted by atomic mass is 10.1. The Kier molecular flexibility index (Phi) is 5.23. The predicted molar refractivity (Wildman–Crippen MR) is 115 cm³/mol. The Morgan fingerprint density at radius 3 is 2.23 bits per heavy atom. The van der Waals surface area contributed by atoms with Crippen LogP contribution in [0.15, 0.2) is 81.4 Å². The Bertz CT molecular complexity index is 1470. The molecule has 158 valence electrons. The Morgan fingerprint density at radius 2 is 1.55 bits per heavy atom. The van der Waals surface area contributed by atoms with Crippen LogP contribution in [0.1, 0.15) is 16.7 Å². The highest BCUT2D eigenvalue weighted by molar-refractivity contribution is 7.91. The Morgan fingerprint density at radius 1 is 0.871 bits per heavy atom. The smallest absolute Gasteiger partial charge is 0.211 e. The summed E-state index contributed by atoms with van der Waals surface area (Å²) < 4.78 is 55.9. The van der Waals surface area contributed by atoms with Crippen LogP contribution in [0.25, 0.3) is 10.9 Å². The summed E-state index contributed by atoms with van der Waals surface area (Å²) in [7, 11) is -4.17. The first-order valence-electron chi connectivity index (χ1n) is 9.56. The van der Waals surface area contributed by atoms with Gasteiger partial charge in [-0.25, -0.2) is 17.2 Å². The maximum atomic E-state index is 14.0. The van der Waals surface area contributed by atoms with Crippen LogP contribution in [0.3, 0.4) is 0 Å². The number of rotatable bonds is 4. The molecule has 0 saturated heterocycles. The van der Waals surface area contributed by atoms with Crippen LogP contribution >= 0.6 is 0 Å². The maximum absolute atomic E-state index is 14.0. The average molecular weight is 439 g/mol. The van der Waals surface area contributed by atoms with Crippen molar-refractivity contribution in [3.8, 4) is 0 Å². The maximum Gasteiger partial charge on any atom is 0.211 e. The van der Waals surface area contributed by atoms with E-state index in [1.807, 2.05) is 38.1 Å². The lowest BCUT2D eigenvalue weighted by Crippen LogP contribution is -2.20. The molecule has 4 nitrogen and oxygen atoms in total. The van der Waals surface area contributed by atoms with Crippen molar-refractivity contribution < 1.29 is 17.2 Å². The predicted octanol–water partition coefficient (Wildman–Crippen LogP) is 4.78. The first-order chi connectivity index (χ1) is 14.7. The first kappa shape index (κ1) is 20.9. The average Bonchev–Trinajstić information content (AvgIpc) is 2.72. The zero-order valence-corrected chi connectivity index (χ0v) is 17.7. The van der Waals surface area contributed by atoms with Crippen molar-refractivity contribution in [3.05, 3.63) is 105 Å². The van der Waals surface area contributed by atoms with Gasteiger partial charge in [-0.05, 0) is 37.6 Å². The minimum Gasteiger partial charge on any atom is -0.341 e. The second-order valence-corrected chi connectivity index (χ2v) is 9.46. The highest BCUT2D eigenvalue weighted by atomic mass is 32.2. The molecule has 0 aliphatic heterocycles. The summed E-state index contributed by atoms with van der Waals surface area (Å²) >= 11 is 0. The molecule has 0 aliphatic carbocycles. The second-order valence-electron chi connectivity index (χ2n) is 7.54. The van der Waals surface area contributed by atoms with Crippen LogP contribution in [0, 0.1) is 25.5 Å². The van der Waals surface area contributed by atoms with Crippen molar-refractivity contribution >= 4 is 20.7 Å². The van der Waals surface area contributed by atoms with Gasteiger partial charge in [0.1, 0.15) is 4.90 Å². The lowest BCUT2D eigenvalue weighted by Gasteiger charge is -2.15. The highest BCUT2D eigenvalue weighted by Crippen LogP contribution is 2.24. The Labute approximate surface area is 178 Å². The molecule has 31 heavy (non-hydrogen) atoms. The summed E-state index contributed by atoms with van der Waals surface area (Å²) in [4.78, 5) is 12.5. The third-order valence-electron chi connectivity index (χ3n) is 5.15. The van der Waals surface area contributed by atoms with E-state index in [9.17, 15) is 22.0 Å². The largest absolute Gasteiger partial charge is 0.341 e. The zero-order valence-electron chi connectivity index (χ0n) is 16.9. The number of hydrogen-bond acceptors (Lipinski definition) is 3. The van der Waals surface area contributed by atoms with Crippen LogP contribution in [0.5, 0.6) is 0 Å². The van der Waals surface area contributed by atoms with Crippen LogP contribution in [-0.2, 0) is 16.4 Å². The molecule has 0 aliphatic rings. The molecule has 0 bridgehead atoms. The van der Waals surface area contributed by atoms with Crippen LogP contribution < -0.4 is 5.43 Å². The molecule has 3 aromatic carbocycles. The van der Waals surface area contributed by atoms with Gasteiger partial charge >= 0.3 is 0 Å². The fourth-order valence-electron chi connectivity index (χ4n) is 3.53. The quantitative estimate of drug-likeness (QED) is 0.460. The Balaban J connectivity index is 2.00. The summed E-state index contributed by atoms with van der Waals surface area (Å²) in [6, 6.07) is 15.3. The molecule has 1 heterocycles. The van der Waals surface area contributed by atoms with Gasteiger partial charge < -0.3 is 4.57 Å². The van der Waals surface area contributed by atoms with E-state index in [1.165, 1.54) is 22.9 Å². The number of benzene rings is 3. The molecule has 0 atom stereocenters. The van der Waals surface area contributed by atoms with Crippen LogP contribution in [0.2, 0.25) is 0 Å². The third kappa shape index (κ3) is 3.88. The van der Waals surface area contributed by atoms with Crippen molar-refractivity contribution in [1.29, 1.82) is 0 Å². The van der Waals surface area contributed by atoms with Crippen molar-refractivity contribution in [2.24, 2.45) is 0 Å². The van der Waals surface area contributed by atoms with Gasteiger partial charge in [-0.15, -0.1) is 0 Å². The number of pyridine rings is 1. The minimum absolute atomic E-state index is 0.0424. The van der Waals surface area contributed by atoms with Gasteiger partial charge in [0.05, 0.1) is 15.8 Å². The minimum atomic E-state index is -4.17. The van der Waals surface area contributed by atoms with E-state index in [2.05, 4.69) is 0 Å². The molecular weight excluding hydrogens is 420 g/mol. The van der Waals surface area contributed by atoms with Crippen molar-refractivity contribution in [1.82, 2.24) is 4.57 Å². The van der Waals surface area contributed by atoms with Gasteiger partial charge in [-0.1, -0.05) is 47.5 Å². The SMILES string of the molecule is Cc1ccc(S(=O)(=O)c2cn(Cc3cccc(C)c3)c3cc(F)c(F)cc3c2=O)cc1. The molecule has 0 saturated carbocycles. The van der Waals surface area contributed by atoms with E-state index >= 15 is 0 Å². The summed E-state index contributed by atoms with van der Waals surface area (Å²) in [5.41, 5.74) is 1.94. The summed E-state index contributed by atoms with van der Waals surface area (Å²) in [6.07, 6.45) is 1.21. The van der Waals surface area contributed by atoms with Crippen molar-refractivity contribution in [3.63, 3.8) is 0 Å². The highest BCUT2D eigenvalue weighted by Gasteiger charge is 2.24. The topological polar surface area (TPSA) is 56.1 Å². The molecule has 1 aromatic heterocycles. The standard InChI is InChI=1S/C24H19F2NO3S/c1-15-6-8-18(9-7-15)31(29,30)23-14-27(13-17-5-3-4-16(2)10-17)22-12-21(26)20(25)11-19(22)24(23)28/h3-12,14H,13H2,1-2H3. The van der Waals surface area contributed by atoms with E-state index in [1.54, 1.807) is 12.1 Å². The van der Waals surface area contributed by atoms with Gasteiger partial charge in [-0.2, -0.15) is 0 Å². The fourth-order valence-corrected chi connectivity index (χ4v) is 4.90. The number of aryl methyl sites for hydroxylation is 2. The van der Waals surface area contributed by atoms with E-state index in [4.69, 9.17) is 0 Å². The van der Waals surface area contributed by atoms with Crippen LogP contribution in [0.4, 0.5) is 8.78 Å². The Hall–Kier alpha value is -3.32. The molecule has 7 heteroatoms. The second kappa shape index (κ2) is 7.74. The molecule has 0 spiro atoms. The van der Waals surface area contributed by atoms with Gasteiger partial charge in [-0.3, -0.25) is 4.79 Å². The number of aromatic nitrogens is 1. The van der Waals surface area contributed by atoms with E-state index in [0.29, 0.717) is 0 Å². The number of halogens is 2. The summed E-state index contributed by atoms with van der Waals surface area (Å²) in [5.74, 6) is -2.32. The van der Waals surface area contributed by atoms with E-state index in [0.717, 1.165) is 28.8 Å². The molecular formula is C24H19F2NO3S. The van der Waals surface area contributed by atoms with Crippen LogP contribution in [-0.4, -0.2) is 13.0 Å². The van der Waals surface area contributed by atoms with Crippen molar-refractivity contribution in [2.45, 2.75) is 30.2 Å². The summed E-state index contributed by atoms with van der Waals surface area (Å²) in [5, 5.41) is -0.195. The van der Waals surface area contributed by atoms with Gasteiger partial charge in [0, 0.05) is 18.8 Å². The third-order valence-corrected chi connectivity index (χ3v) is 6.91. The number of hydrogen-bond donors (Lipinski definition) is 0. The van der Waals surface area contributed by atoms with Gasteiger partial charge in [0.25, 0.3) is 0 Å². The van der Waals surface area contributed by atoms with E-state index in [-0.39, 0.29) is 22.3 Å². The normalized spacial score (nSPS) is 11.7. The molecule has 0 N–H and O–H groups in total. The molecule has 0 amide bonds. The number of nitrogens with zero attached hydrogens (tertiary/aromatic N) is 1. The molecule has 0 fully saturated rings. The van der Waals surface area contributed by atoms with Gasteiger partial charge in [0.2, 0.25) is 15.3 Å². The van der Waals surface area contributed by atoms with Gasteiger partial charge in [0.15, 0.2) is 11.6 Å². The first-order valence-corrected chi connectivity index (χ1v) is 11.0. The molecule has 0 radical (unpaired) electrons. The number of fused-ring (bicyclic) bond motifs is 1. The fraction of sp³-hybridized carbons (Fsp3) is 0.125. The van der Waals surface area contributed by atoms with Crippen molar-refractivity contribution in [2.75, 3.05) is 0 Å². The lowest BCUT2D eigenvalue weighted by molar-refractivity contribution is 0.510. The molecule has 4 rings (SSSR count). The van der Waals surface area contributed by atoms with E-state index < -0.39 is 31.8 Å². The number of sulfone groups is 1. The monoisotopic (exact) mass is 439 g/mol. The summed E-state index contributed by atoms with van der Waals surface area (Å²) in [6.45, 7) is 3.91. The molecule has 4 aromatic rings. The molecule has 0 unspecified atom stereocenters. The zero-order chi connectivity index (χ0) is 22.3.